The van der Waals surface area contributed by atoms with Crippen LogP contribution in [-0.2, 0) is 11.3 Å². The van der Waals surface area contributed by atoms with Gasteiger partial charge >= 0.3 is 5.97 Å². The van der Waals surface area contributed by atoms with Crippen LogP contribution in [0.15, 0.2) is 30.3 Å². The number of carboxylic acid groups (broad SMARTS) is 1. The van der Waals surface area contributed by atoms with Crippen LogP contribution in [-0.4, -0.2) is 29.3 Å². The van der Waals surface area contributed by atoms with Gasteiger partial charge in [0.25, 0.3) is 0 Å². The van der Waals surface area contributed by atoms with Crippen LogP contribution in [0.4, 0.5) is 0 Å². The Kier molecular flexibility index (Phi) is 13.6. The van der Waals surface area contributed by atoms with Crippen LogP contribution in [0.25, 0.3) is 0 Å². The second-order valence-corrected chi connectivity index (χ2v) is 5.43. The maximum Gasteiger partial charge on any atom is 0.332 e. The molecule has 0 spiro atoms. The first-order valence-electron chi connectivity index (χ1n) is 8.21. The third kappa shape index (κ3) is 12.4. The second kappa shape index (κ2) is 14.5. The molecule has 0 radical (unpaired) electrons. The first-order valence-corrected chi connectivity index (χ1v) is 8.21. The Morgan fingerprint density at radius 1 is 1.09 bits per heavy atom. The third-order valence-electron chi connectivity index (χ3n) is 3.34. The van der Waals surface area contributed by atoms with Crippen LogP contribution in [0, 0.1) is 0 Å². The number of benzene rings is 1. The van der Waals surface area contributed by atoms with Gasteiger partial charge in [0, 0.05) is 6.54 Å². The lowest BCUT2D eigenvalue weighted by Gasteiger charge is -2.04. The molecule has 3 N–H and O–H groups in total. The van der Waals surface area contributed by atoms with Crippen LogP contribution >= 0.6 is 0 Å². The number of nitrogens with one attached hydrogen (secondary N) is 1. The predicted molar refractivity (Wildman–Crippen MR) is 90.8 cm³/mol. The van der Waals surface area contributed by atoms with Crippen LogP contribution < -0.4 is 5.32 Å². The van der Waals surface area contributed by atoms with E-state index in [1.165, 1.54) is 24.8 Å². The minimum Gasteiger partial charge on any atom is -0.479 e. The molecular weight excluding hydrogens is 278 g/mol. The van der Waals surface area contributed by atoms with Crippen LogP contribution in [0.1, 0.15) is 57.4 Å². The standard InChI is InChI=1S/C10H20O3.C8H11N/c1-2-3-4-5-6-7-8-9(11)10(12)13;1-9-7-8-5-3-2-4-6-8/h9,11H,2-8H2,1H3,(H,12,13);2-6,9H,7H2,1H3/t9-;/m1./s1. The fourth-order valence-electron chi connectivity index (χ4n) is 2.04. The fraction of sp³-hybridized carbons (Fsp3) is 0.611. The van der Waals surface area contributed by atoms with Crippen molar-refractivity contribution < 1.29 is 15.0 Å². The van der Waals surface area contributed by atoms with E-state index in [9.17, 15) is 4.79 Å². The van der Waals surface area contributed by atoms with Crippen molar-refractivity contribution in [2.45, 2.75) is 64.5 Å². The van der Waals surface area contributed by atoms with Gasteiger partial charge in [-0.3, -0.25) is 0 Å². The fourth-order valence-corrected chi connectivity index (χ4v) is 2.04. The topological polar surface area (TPSA) is 69.6 Å². The highest BCUT2D eigenvalue weighted by Crippen LogP contribution is 2.08. The molecule has 0 saturated heterocycles. The number of aliphatic carboxylic acids is 1. The normalized spacial score (nSPS) is 11.4. The molecule has 0 unspecified atom stereocenters. The van der Waals surface area contributed by atoms with Gasteiger partial charge in [-0.25, -0.2) is 4.79 Å². The largest absolute Gasteiger partial charge is 0.479 e. The average Bonchev–Trinajstić information content (AvgIpc) is 2.52. The summed E-state index contributed by atoms with van der Waals surface area (Å²) in [5.41, 5.74) is 1.33. The lowest BCUT2D eigenvalue weighted by molar-refractivity contribution is -0.146. The molecule has 0 aromatic heterocycles. The molecule has 1 rings (SSSR count). The lowest BCUT2D eigenvalue weighted by Crippen LogP contribution is -2.18. The van der Waals surface area contributed by atoms with Crippen molar-refractivity contribution in [1.82, 2.24) is 5.32 Å². The molecule has 4 heteroatoms. The minimum atomic E-state index is -1.16. The zero-order valence-corrected chi connectivity index (χ0v) is 13.9. The van der Waals surface area contributed by atoms with Crippen LogP contribution in [0.2, 0.25) is 0 Å². The molecule has 126 valence electrons. The quantitative estimate of drug-likeness (QED) is 0.578. The molecule has 0 aliphatic carbocycles. The van der Waals surface area contributed by atoms with Gasteiger partial charge in [-0.05, 0) is 19.0 Å². The number of carboxylic acids is 1. The van der Waals surface area contributed by atoms with E-state index in [0.29, 0.717) is 6.42 Å². The second-order valence-electron chi connectivity index (χ2n) is 5.43. The number of carbonyl (C=O) groups is 1. The Morgan fingerprint density at radius 3 is 2.23 bits per heavy atom. The summed E-state index contributed by atoms with van der Waals surface area (Å²) in [5, 5.41) is 20.4. The molecule has 0 amide bonds. The Bertz CT molecular complexity index is 368. The highest BCUT2D eigenvalue weighted by molar-refractivity contribution is 5.71. The van der Waals surface area contributed by atoms with E-state index in [1.54, 1.807) is 0 Å². The maximum atomic E-state index is 10.2. The number of unbranched alkanes of at least 4 members (excludes halogenated alkanes) is 5. The zero-order chi connectivity index (χ0) is 16.6. The summed E-state index contributed by atoms with van der Waals surface area (Å²) < 4.78 is 0. The summed E-state index contributed by atoms with van der Waals surface area (Å²) in [7, 11) is 1.95. The summed E-state index contributed by atoms with van der Waals surface area (Å²) in [4.78, 5) is 10.2. The van der Waals surface area contributed by atoms with E-state index in [1.807, 2.05) is 25.2 Å². The molecule has 1 aromatic carbocycles. The molecule has 0 heterocycles. The third-order valence-corrected chi connectivity index (χ3v) is 3.34. The first-order chi connectivity index (χ1) is 10.6. The van der Waals surface area contributed by atoms with Crippen molar-refractivity contribution in [2.24, 2.45) is 0 Å². The monoisotopic (exact) mass is 309 g/mol. The van der Waals surface area contributed by atoms with Gasteiger partial charge in [-0.2, -0.15) is 0 Å². The van der Waals surface area contributed by atoms with E-state index in [-0.39, 0.29) is 0 Å². The van der Waals surface area contributed by atoms with Crippen molar-refractivity contribution in [3.05, 3.63) is 35.9 Å². The SMILES string of the molecule is CCCCCCCC[C@@H](O)C(=O)O.CNCc1ccccc1. The van der Waals surface area contributed by atoms with Crippen molar-refractivity contribution in [3.63, 3.8) is 0 Å². The highest BCUT2D eigenvalue weighted by atomic mass is 16.4. The van der Waals surface area contributed by atoms with Crippen LogP contribution in [0.3, 0.4) is 0 Å². The van der Waals surface area contributed by atoms with Gasteiger partial charge in [0.15, 0.2) is 6.10 Å². The van der Waals surface area contributed by atoms with E-state index in [2.05, 4.69) is 24.4 Å². The van der Waals surface area contributed by atoms with Crippen molar-refractivity contribution >= 4 is 5.97 Å². The van der Waals surface area contributed by atoms with E-state index in [0.717, 1.165) is 25.8 Å². The number of hydrogen-bond acceptors (Lipinski definition) is 3. The van der Waals surface area contributed by atoms with Gasteiger partial charge in [-0.15, -0.1) is 0 Å². The summed E-state index contributed by atoms with van der Waals surface area (Å²) in [6.07, 6.45) is 5.92. The molecule has 4 nitrogen and oxygen atoms in total. The Morgan fingerprint density at radius 2 is 1.68 bits per heavy atom. The molecule has 0 bridgehead atoms. The molecule has 22 heavy (non-hydrogen) atoms. The summed E-state index contributed by atoms with van der Waals surface area (Å²) in [6.45, 7) is 3.12. The summed E-state index contributed by atoms with van der Waals surface area (Å²) >= 11 is 0. The van der Waals surface area contributed by atoms with E-state index < -0.39 is 12.1 Å². The molecule has 0 saturated carbocycles. The first kappa shape index (κ1) is 20.6. The Labute approximate surface area is 134 Å². The summed E-state index contributed by atoms with van der Waals surface area (Å²) in [6, 6.07) is 10.3. The smallest absolute Gasteiger partial charge is 0.332 e. The molecule has 0 aliphatic heterocycles. The number of hydrogen-bond donors (Lipinski definition) is 3. The van der Waals surface area contributed by atoms with Crippen molar-refractivity contribution in [1.29, 1.82) is 0 Å². The average molecular weight is 309 g/mol. The maximum absolute atomic E-state index is 10.2. The molecule has 1 atom stereocenters. The highest BCUT2D eigenvalue weighted by Gasteiger charge is 2.11. The Hall–Kier alpha value is -1.39. The van der Waals surface area contributed by atoms with Gasteiger partial charge in [-0.1, -0.05) is 75.8 Å². The van der Waals surface area contributed by atoms with Gasteiger partial charge in [0.1, 0.15) is 0 Å². The number of rotatable bonds is 10. The predicted octanol–water partition coefficient (Wildman–Crippen LogP) is 3.59. The number of aliphatic hydroxyl groups excluding tert-OH is 1. The van der Waals surface area contributed by atoms with E-state index in [4.69, 9.17) is 10.2 Å². The van der Waals surface area contributed by atoms with Gasteiger partial charge < -0.3 is 15.5 Å². The molecule has 0 aliphatic rings. The van der Waals surface area contributed by atoms with E-state index >= 15 is 0 Å². The lowest BCUT2D eigenvalue weighted by atomic mass is 10.1. The number of aliphatic hydroxyl groups is 1. The van der Waals surface area contributed by atoms with Gasteiger partial charge in [0.2, 0.25) is 0 Å². The van der Waals surface area contributed by atoms with Crippen molar-refractivity contribution in [3.8, 4) is 0 Å². The summed E-state index contributed by atoms with van der Waals surface area (Å²) in [5.74, 6) is -1.10. The van der Waals surface area contributed by atoms with Crippen LogP contribution in [0.5, 0.6) is 0 Å². The zero-order valence-electron chi connectivity index (χ0n) is 13.9. The molecule has 1 aromatic rings. The molecular formula is C18H31NO3. The van der Waals surface area contributed by atoms with Gasteiger partial charge in [0.05, 0.1) is 0 Å². The Balaban J connectivity index is 0.000000425. The molecule has 0 fully saturated rings. The van der Waals surface area contributed by atoms with Crippen molar-refractivity contribution in [2.75, 3.05) is 7.05 Å². The minimum absolute atomic E-state index is 0.390.